The maximum atomic E-state index is 12.7. The van der Waals surface area contributed by atoms with E-state index in [-0.39, 0.29) is 5.56 Å². The standard InChI is InChI=1S/C21H20N4O4/c1-14-8-10-16(11-9-14)20-18(12-25(24-20)17-6-4-3-5-7-17)21(28)29-13-19(27)23-22-15(2)26/h3-12H,13H2,1-2H3,(H,22,26)(H,23,27). The average Bonchev–Trinajstić information content (AvgIpc) is 3.17. The molecule has 0 radical (unpaired) electrons. The van der Waals surface area contributed by atoms with Crippen molar-refractivity contribution >= 4 is 17.8 Å². The van der Waals surface area contributed by atoms with Gasteiger partial charge >= 0.3 is 5.97 Å². The van der Waals surface area contributed by atoms with E-state index in [9.17, 15) is 14.4 Å². The number of para-hydroxylation sites is 1. The van der Waals surface area contributed by atoms with Crippen molar-refractivity contribution in [2.24, 2.45) is 0 Å². The van der Waals surface area contributed by atoms with E-state index >= 15 is 0 Å². The second kappa shape index (κ2) is 8.83. The minimum Gasteiger partial charge on any atom is -0.452 e. The lowest BCUT2D eigenvalue weighted by Crippen LogP contribution is -2.42. The Balaban J connectivity index is 1.86. The summed E-state index contributed by atoms with van der Waals surface area (Å²) in [5.74, 6) is -1.78. The second-order valence-corrected chi connectivity index (χ2v) is 6.34. The number of aromatic nitrogens is 2. The molecular weight excluding hydrogens is 372 g/mol. The maximum absolute atomic E-state index is 12.7. The fraction of sp³-hybridized carbons (Fsp3) is 0.143. The first-order valence-corrected chi connectivity index (χ1v) is 8.88. The summed E-state index contributed by atoms with van der Waals surface area (Å²) in [6, 6.07) is 16.9. The Hall–Kier alpha value is -3.94. The van der Waals surface area contributed by atoms with Crippen LogP contribution in [0.4, 0.5) is 0 Å². The number of esters is 1. The molecule has 0 spiro atoms. The smallest absolute Gasteiger partial charge is 0.342 e. The summed E-state index contributed by atoms with van der Waals surface area (Å²) in [6.45, 7) is 2.68. The molecule has 1 aromatic heterocycles. The number of hydrogen-bond donors (Lipinski definition) is 2. The number of carbonyl (C=O) groups is 3. The van der Waals surface area contributed by atoms with Gasteiger partial charge in [0.2, 0.25) is 5.91 Å². The Morgan fingerprint density at radius 1 is 1.00 bits per heavy atom. The molecule has 0 saturated heterocycles. The molecule has 3 aromatic rings. The van der Waals surface area contributed by atoms with Crippen molar-refractivity contribution in [2.45, 2.75) is 13.8 Å². The van der Waals surface area contributed by atoms with Crippen LogP contribution >= 0.6 is 0 Å². The summed E-state index contributed by atoms with van der Waals surface area (Å²) < 4.78 is 6.69. The van der Waals surface area contributed by atoms with E-state index in [0.29, 0.717) is 5.69 Å². The lowest BCUT2D eigenvalue weighted by molar-refractivity contribution is -0.129. The van der Waals surface area contributed by atoms with Crippen molar-refractivity contribution in [2.75, 3.05) is 6.61 Å². The van der Waals surface area contributed by atoms with E-state index < -0.39 is 24.4 Å². The molecule has 0 aliphatic carbocycles. The Bertz CT molecular complexity index is 1030. The highest BCUT2D eigenvalue weighted by molar-refractivity contribution is 5.97. The molecular formula is C21H20N4O4. The van der Waals surface area contributed by atoms with Gasteiger partial charge in [-0.25, -0.2) is 9.48 Å². The quantitative estimate of drug-likeness (QED) is 0.512. The van der Waals surface area contributed by atoms with Crippen molar-refractivity contribution in [3.8, 4) is 16.9 Å². The molecule has 0 unspecified atom stereocenters. The average molecular weight is 392 g/mol. The van der Waals surface area contributed by atoms with Crippen molar-refractivity contribution in [1.29, 1.82) is 0 Å². The molecule has 2 aromatic carbocycles. The number of ether oxygens (including phenoxy) is 1. The first-order valence-electron chi connectivity index (χ1n) is 8.88. The predicted molar refractivity (Wildman–Crippen MR) is 106 cm³/mol. The Morgan fingerprint density at radius 3 is 2.34 bits per heavy atom. The highest BCUT2D eigenvalue weighted by Crippen LogP contribution is 2.25. The molecule has 0 aliphatic heterocycles. The van der Waals surface area contributed by atoms with Crippen molar-refractivity contribution in [3.63, 3.8) is 0 Å². The van der Waals surface area contributed by atoms with Gasteiger partial charge in [-0.3, -0.25) is 20.4 Å². The van der Waals surface area contributed by atoms with Crippen LogP contribution in [-0.4, -0.2) is 34.2 Å². The third-order valence-corrected chi connectivity index (χ3v) is 3.99. The number of hydrogen-bond acceptors (Lipinski definition) is 5. The van der Waals surface area contributed by atoms with Gasteiger partial charge in [0.05, 0.1) is 5.69 Å². The minimum atomic E-state index is -0.694. The number of amides is 2. The third kappa shape index (κ3) is 5.07. The first kappa shape index (κ1) is 19.8. The molecule has 0 atom stereocenters. The van der Waals surface area contributed by atoms with Crippen LogP contribution in [-0.2, 0) is 14.3 Å². The third-order valence-electron chi connectivity index (χ3n) is 3.99. The largest absolute Gasteiger partial charge is 0.452 e. The van der Waals surface area contributed by atoms with Gasteiger partial charge < -0.3 is 4.74 Å². The highest BCUT2D eigenvalue weighted by Gasteiger charge is 2.21. The van der Waals surface area contributed by atoms with Crippen LogP contribution in [0, 0.1) is 6.92 Å². The van der Waals surface area contributed by atoms with Crippen LogP contribution in [0.1, 0.15) is 22.8 Å². The van der Waals surface area contributed by atoms with Crippen LogP contribution in [0.5, 0.6) is 0 Å². The molecule has 8 nitrogen and oxygen atoms in total. The van der Waals surface area contributed by atoms with Crippen molar-refractivity contribution < 1.29 is 19.1 Å². The zero-order chi connectivity index (χ0) is 20.8. The topological polar surface area (TPSA) is 102 Å². The maximum Gasteiger partial charge on any atom is 0.342 e. The zero-order valence-electron chi connectivity index (χ0n) is 16.0. The number of rotatable bonds is 5. The van der Waals surface area contributed by atoms with Crippen molar-refractivity contribution in [1.82, 2.24) is 20.6 Å². The molecule has 3 rings (SSSR count). The molecule has 2 N–H and O–H groups in total. The van der Waals surface area contributed by atoms with E-state index in [4.69, 9.17) is 4.74 Å². The van der Waals surface area contributed by atoms with Gasteiger partial charge in [0.1, 0.15) is 11.3 Å². The summed E-state index contributed by atoms with van der Waals surface area (Å²) >= 11 is 0. The Kier molecular flexibility index (Phi) is 6.03. The molecule has 148 valence electrons. The van der Waals surface area contributed by atoms with Crippen LogP contribution < -0.4 is 10.9 Å². The van der Waals surface area contributed by atoms with Crippen molar-refractivity contribution in [3.05, 3.63) is 71.9 Å². The molecule has 0 saturated carbocycles. The number of nitrogens with one attached hydrogen (secondary N) is 2. The molecule has 29 heavy (non-hydrogen) atoms. The highest BCUT2D eigenvalue weighted by atomic mass is 16.5. The molecule has 1 heterocycles. The summed E-state index contributed by atoms with van der Waals surface area (Å²) in [4.78, 5) is 35.2. The van der Waals surface area contributed by atoms with Crippen LogP contribution in [0.2, 0.25) is 0 Å². The zero-order valence-corrected chi connectivity index (χ0v) is 16.0. The van der Waals surface area contributed by atoms with Gasteiger partial charge in [0, 0.05) is 18.7 Å². The number of nitrogens with zero attached hydrogens (tertiary/aromatic N) is 2. The lowest BCUT2D eigenvalue weighted by Gasteiger charge is -2.06. The number of aryl methyl sites for hydroxylation is 1. The van der Waals surface area contributed by atoms with E-state index in [2.05, 4.69) is 16.0 Å². The predicted octanol–water partition coefficient (Wildman–Crippen LogP) is 2.17. The van der Waals surface area contributed by atoms with Crippen LogP contribution in [0.3, 0.4) is 0 Å². The van der Waals surface area contributed by atoms with Gasteiger partial charge in [-0.05, 0) is 19.1 Å². The van der Waals surface area contributed by atoms with E-state index in [1.165, 1.54) is 6.92 Å². The number of hydrazine groups is 1. The number of carbonyl (C=O) groups excluding carboxylic acids is 3. The summed E-state index contributed by atoms with van der Waals surface area (Å²) in [7, 11) is 0. The Labute approximate surface area is 167 Å². The fourth-order valence-electron chi connectivity index (χ4n) is 2.56. The molecule has 8 heteroatoms. The SMILES string of the molecule is CC(=O)NNC(=O)COC(=O)c1cn(-c2ccccc2)nc1-c1ccc(C)cc1. The van der Waals surface area contributed by atoms with E-state index in [1.807, 2.05) is 61.5 Å². The fourth-order valence-corrected chi connectivity index (χ4v) is 2.56. The monoisotopic (exact) mass is 392 g/mol. The van der Waals surface area contributed by atoms with E-state index in [0.717, 1.165) is 16.8 Å². The Morgan fingerprint density at radius 2 is 1.69 bits per heavy atom. The summed E-state index contributed by atoms with van der Waals surface area (Å²) in [6.07, 6.45) is 1.57. The van der Waals surface area contributed by atoms with Gasteiger partial charge in [0.15, 0.2) is 6.61 Å². The van der Waals surface area contributed by atoms with Crippen LogP contribution in [0.15, 0.2) is 60.8 Å². The van der Waals surface area contributed by atoms with Gasteiger partial charge in [0.25, 0.3) is 5.91 Å². The normalized spacial score (nSPS) is 10.3. The van der Waals surface area contributed by atoms with Gasteiger partial charge in [-0.2, -0.15) is 5.10 Å². The molecule has 0 bridgehead atoms. The van der Waals surface area contributed by atoms with Crippen LogP contribution in [0.25, 0.3) is 16.9 Å². The van der Waals surface area contributed by atoms with Gasteiger partial charge in [-0.15, -0.1) is 0 Å². The minimum absolute atomic E-state index is 0.227. The molecule has 0 fully saturated rings. The second-order valence-electron chi connectivity index (χ2n) is 6.34. The summed E-state index contributed by atoms with van der Waals surface area (Å²) in [5.41, 5.74) is 7.55. The van der Waals surface area contributed by atoms with E-state index in [1.54, 1.807) is 10.9 Å². The number of benzene rings is 2. The lowest BCUT2D eigenvalue weighted by atomic mass is 10.1. The summed E-state index contributed by atoms with van der Waals surface area (Å²) in [5, 5.41) is 4.55. The molecule has 0 aliphatic rings. The first-order chi connectivity index (χ1) is 13.9. The molecule has 2 amide bonds. The van der Waals surface area contributed by atoms with Gasteiger partial charge in [-0.1, -0.05) is 48.0 Å².